The Hall–Kier alpha value is -2.57. The molecule has 0 amide bonds. The molecule has 140 valence electrons. The molecule has 0 saturated heterocycles. The van der Waals surface area contributed by atoms with Crippen molar-refractivity contribution in [1.29, 1.82) is 0 Å². The van der Waals surface area contributed by atoms with Crippen molar-refractivity contribution in [3.8, 4) is 11.5 Å². The molecule has 0 radical (unpaired) electrons. The topological polar surface area (TPSA) is 24.8 Å². The monoisotopic (exact) mass is 368 g/mol. The summed E-state index contributed by atoms with van der Waals surface area (Å²) in [6, 6.07) is 3.23. The average molecular weight is 368 g/mol. The van der Waals surface area contributed by atoms with Crippen molar-refractivity contribution in [1.82, 2.24) is 4.90 Å². The van der Waals surface area contributed by atoms with Crippen molar-refractivity contribution in [3.63, 3.8) is 0 Å². The number of hydrogen-bond acceptors (Lipinski definition) is 2. The number of hydrogen-bond donors (Lipinski definition) is 0. The van der Waals surface area contributed by atoms with Gasteiger partial charge >= 0.3 is 0 Å². The van der Waals surface area contributed by atoms with Crippen LogP contribution in [0.5, 0.6) is 11.5 Å². The molecule has 0 unspecified atom stereocenters. The zero-order valence-electron chi connectivity index (χ0n) is 15.3. The minimum atomic E-state index is -1.77. The number of aliphatic imine (C=N–C) groups is 1. The van der Waals surface area contributed by atoms with Crippen molar-refractivity contribution in [2.24, 2.45) is 4.99 Å². The van der Waals surface area contributed by atoms with E-state index in [0.29, 0.717) is 16.8 Å². The fraction of sp³-hybridized carbons (Fsp3) is 0.316. The molecule has 0 aliphatic heterocycles. The van der Waals surface area contributed by atoms with E-state index in [1.54, 1.807) is 32.3 Å². The van der Waals surface area contributed by atoms with Gasteiger partial charge in [-0.15, -0.1) is 0 Å². The summed E-state index contributed by atoms with van der Waals surface area (Å²) in [6.07, 6.45) is 1.67. The normalized spacial score (nSPS) is 11.3. The first kappa shape index (κ1) is 19.8. The van der Waals surface area contributed by atoms with Gasteiger partial charge in [0.2, 0.25) is 11.6 Å². The van der Waals surface area contributed by atoms with Crippen LogP contribution in [-0.4, -0.2) is 24.8 Å². The fourth-order valence-corrected chi connectivity index (χ4v) is 2.19. The van der Waals surface area contributed by atoms with Gasteiger partial charge in [-0.3, -0.25) is 0 Å². The summed E-state index contributed by atoms with van der Waals surface area (Å²) in [4.78, 5) is 6.23. The van der Waals surface area contributed by atoms with Gasteiger partial charge in [0, 0.05) is 19.2 Å². The van der Waals surface area contributed by atoms with Gasteiger partial charge in [-0.25, -0.2) is 18.2 Å². The average Bonchev–Trinajstić information content (AvgIpc) is 2.62. The van der Waals surface area contributed by atoms with E-state index < -0.39 is 34.6 Å². The third kappa shape index (κ3) is 3.81. The molecule has 0 spiro atoms. The lowest BCUT2D eigenvalue weighted by Gasteiger charge is -2.15. The van der Waals surface area contributed by atoms with Gasteiger partial charge in [0.1, 0.15) is 5.75 Å². The molecule has 2 aromatic rings. The summed E-state index contributed by atoms with van der Waals surface area (Å²) < 4.78 is 60.3. The molecule has 26 heavy (non-hydrogen) atoms. The Balaban J connectivity index is 2.44. The predicted octanol–water partition coefficient (Wildman–Crippen LogP) is 5.57. The number of ether oxygens (including phenoxy) is 1. The highest BCUT2D eigenvalue weighted by atomic mass is 19.2. The van der Waals surface area contributed by atoms with Crippen molar-refractivity contribution in [3.05, 3.63) is 52.1 Å². The molecule has 0 saturated carbocycles. The highest BCUT2D eigenvalue weighted by Gasteiger charge is 2.25. The third-order valence-electron chi connectivity index (χ3n) is 4.04. The van der Waals surface area contributed by atoms with Gasteiger partial charge in [-0.1, -0.05) is 0 Å². The van der Waals surface area contributed by atoms with Crippen molar-refractivity contribution < 1.29 is 22.3 Å². The van der Waals surface area contributed by atoms with Crippen LogP contribution in [0.25, 0.3) is 0 Å². The van der Waals surface area contributed by atoms with Crippen LogP contribution in [0, 0.1) is 44.0 Å². The maximum atomic E-state index is 14.1. The van der Waals surface area contributed by atoms with E-state index >= 15 is 0 Å². The van der Waals surface area contributed by atoms with Crippen molar-refractivity contribution >= 4 is 12.0 Å². The number of aryl methyl sites for hydroxylation is 2. The van der Waals surface area contributed by atoms with Crippen LogP contribution in [0.2, 0.25) is 0 Å². The lowest BCUT2D eigenvalue weighted by molar-refractivity contribution is 0.362. The molecule has 7 heteroatoms. The second-order valence-corrected chi connectivity index (χ2v) is 6.03. The zero-order valence-corrected chi connectivity index (χ0v) is 15.3. The molecule has 0 fully saturated rings. The van der Waals surface area contributed by atoms with E-state index in [9.17, 15) is 17.6 Å². The highest BCUT2D eigenvalue weighted by Crippen LogP contribution is 2.36. The van der Waals surface area contributed by atoms with E-state index in [1.165, 1.54) is 0 Å². The van der Waals surface area contributed by atoms with Crippen LogP contribution in [0.15, 0.2) is 17.1 Å². The lowest BCUT2D eigenvalue weighted by atomic mass is 10.1. The van der Waals surface area contributed by atoms with E-state index in [0.717, 1.165) is 13.5 Å². The number of benzene rings is 2. The Kier molecular flexibility index (Phi) is 5.90. The SMILES string of the molecule is CCN(C)C=Nc1cc(C)c(Oc2c(F)c(C)c(F)c(F)c2F)cc1C. The van der Waals surface area contributed by atoms with E-state index in [-0.39, 0.29) is 5.75 Å². The Labute approximate surface area is 149 Å². The number of rotatable bonds is 5. The second kappa shape index (κ2) is 7.76. The molecule has 0 heterocycles. The molecule has 0 aliphatic carbocycles. The van der Waals surface area contributed by atoms with Gasteiger partial charge in [0.15, 0.2) is 17.5 Å². The maximum Gasteiger partial charge on any atom is 0.207 e. The molecule has 0 bridgehead atoms. The maximum absolute atomic E-state index is 14.1. The van der Waals surface area contributed by atoms with Crippen molar-refractivity contribution in [2.45, 2.75) is 27.7 Å². The largest absolute Gasteiger partial charge is 0.451 e. The highest BCUT2D eigenvalue weighted by molar-refractivity contribution is 5.64. The molecule has 0 aromatic heterocycles. The van der Waals surface area contributed by atoms with Gasteiger partial charge in [-0.2, -0.15) is 4.39 Å². The first-order valence-electron chi connectivity index (χ1n) is 8.03. The van der Waals surface area contributed by atoms with Crippen LogP contribution in [0.1, 0.15) is 23.6 Å². The van der Waals surface area contributed by atoms with Gasteiger partial charge < -0.3 is 9.64 Å². The van der Waals surface area contributed by atoms with Crippen LogP contribution < -0.4 is 4.74 Å². The van der Waals surface area contributed by atoms with Gasteiger partial charge in [-0.05, 0) is 51.0 Å². The lowest BCUT2D eigenvalue weighted by Crippen LogP contribution is -2.14. The minimum absolute atomic E-state index is 0.133. The molecule has 0 aliphatic rings. The second-order valence-electron chi connectivity index (χ2n) is 6.03. The molecule has 2 aromatic carbocycles. The first-order valence-corrected chi connectivity index (χ1v) is 8.03. The molecular formula is C19H20F4N2O. The van der Waals surface area contributed by atoms with Crippen LogP contribution >= 0.6 is 0 Å². The summed E-state index contributed by atoms with van der Waals surface area (Å²) in [6.45, 7) is 7.21. The zero-order chi connectivity index (χ0) is 19.6. The van der Waals surface area contributed by atoms with Crippen LogP contribution in [0.3, 0.4) is 0 Å². The standard InChI is InChI=1S/C19H20F4N2O/c1-6-25(5)9-24-13-7-11(3)14(8-10(13)2)26-19-16(21)12(4)15(20)17(22)18(19)23/h7-9H,6H2,1-5H3. The van der Waals surface area contributed by atoms with Crippen molar-refractivity contribution in [2.75, 3.05) is 13.6 Å². The molecule has 2 rings (SSSR count). The van der Waals surface area contributed by atoms with E-state index in [2.05, 4.69) is 4.99 Å². The molecular weight excluding hydrogens is 348 g/mol. The summed E-state index contributed by atoms with van der Waals surface area (Å²) in [5.41, 5.74) is 1.27. The molecule has 3 nitrogen and oxygen atoms in total. The summed E-state index contributed by atoms with van der Waals surface area (Å²) in [7, 11) is 1.88. The molecule has 0 N–H and O–H groups in total. The van der Waals surface area contributed by atoms with E-state index in [1.807, 2.05) is 18.9 Å². The van der Waals surface area contributed by atoms with Gasteiger partial charge in [0.25, 0.3) is 0 Å². The Bertz CT molecular complexity index is 836. The summed E-state index contributed by atoms with van der Waals surface area (Å²) >= 11 is 0. The quantitative estimate of drug-likeness (QED) is 0.227. The Morgan fingerprint density at radius 2 is 1.62 bits per heavy atom. The predicted molar refractivity (Wildman–Crippen MR) is 93.5 cm³/mol. The van der Waals surface area contributed by atoms with Crippen LogP contribution in [-0.2, 0) is 0 Å². The third-order valence-corrected chi connectivity index (χ3v) is 4.04. The Morgan fingerprint density at radius 3 is 2.23 bits per heavy atom. The Morgan fingerprint density at radius 1 is 0.962 bits per heavy atom. The first-order chi connectivity index (χ1) is 12.2. The number of halogens is 4. The summed E-state index contributed by atoms with van der Waals surface area (Å²) in [5.74, 6) is -7.14. The molecule has 0 atom stereocenters. The summed E-state index contributed by atoms with van der Waals surface area (Å²) in [5, 5.41) is 0. The number of nitrogens with zero attached hydrogens (tertiary/aromatic N) is 2. The van der Waals surface area contributed by atoms with Gasteiger partial charge in [0.05, 0.1) is 12.0 Å². The van der Waals surface area contributed by atoms with E-state index in [4.69, 9.17) is 4.74 Å². The minimum Gasteiger partial charge on any atom is -0.451 e. The smallest absolute Gasteiger partial charge is 0.207 e. The van der Waals surface area contributed by atoms with Crippen LogP contribution in [0.4, 0.5) is 23.2 Å². The fourth-order valence-electron chi connectivity index (χ4n) is 2.19.